The highest BCUT2D eigenvalue weighted by Gasteiger charge is 2.22. The lowest BCUT2D eigenvalue weighted by Crippen LogP contribution is -2.10. The Morgan fingerprint density at radius 1 is 1.25 bits per heavy atom. The third kappa shape index (κ3) is 3.67. The number of aromatic amines is 1. The number of hydrogen-bond donors (Lipinski definition) is 2. The molecular weight excluding hydrogens is 434 g/mol. The third-order valence-corrected chi connectivity index (χ3v) is 7.50. The predicted octanol–water partition coefficient (Wildman–Crippen LogP) is 5.02. The molecule has 4 aromatic rings. The Kier molecular flexibility index (Phi) is 4.83. The molecule has 1 saturated carbocycles. The highest BCUT2D eigenvalue weighted by molar-refractivity contribution is 8.00. The molecule has 142 valence electrons. The summed E-state index contributed by atoms with van der Waals surface area (Å²) in [6.07, 6.45) is 2.40. The van der Waals surface area contributed by atoms with Crippen molar-refractivity contribution in [1.29, 1.82) is 0 Å². The minimum Gasteiger partial charge on any atom is -0.357 e. The average molecular weight is 448 g/mol. The standard InChI is InChI=1S/C18H14ClN5OS3/c19-12-4-2-1-3-10(12)11-7-26-16-14(11)15(25)21-13(22-16)8-27-18-24-23-17(28-18)20-9-5-6-9/h1-4,7,9H,5-6,8H2,(H,20,23)(H,21,22,25). The van der Waals surface area contributed by atoms with E-state index in [1.54, 1.807) is 0 Å². The third-order valence-electron chi connectivity index (χ3n) is 4.30. The van der Waals surface area contributed by atoms with Gasteiger partial charge in [-0.3, -0.25) is 4.79 Å². The number of thiophene rings is 1. The largest absolute Gasteiger partial charge is 0.357 e. The molecule has 3 aromatic heterocycles. The maximum atomic E-state index is 12.7. The first-order valence-electron chi connectivity index (χ1n) is 8.65. The molecule has 0 saturated heterocycles. The van der Waals surface area contributed by atoms with Crippen molar-refractivity contribution in [2.45, 2.75) is 29.0 Å². The number of rotatable bonds is 6. The van der Waals surface area contributed by atoms with Crippen molar-refractivity contribution in [3.8, 4) is 11.1 Å². The van der Waals surface area contributed by atoms with Gasteiger partial charge in [0.2, 0.25) is 5.13 Å². The average Bonchev–Trinajstić information content (AvgIpc) is 3.21. The first kappa shape index (κ1) is 18.1. The topological polar surface area (TPSA) is 83.6 Å². The summed E-state index contributed by atoms with van der Waals surface area (Å²) in [5, 5.41) is 15.7. The maximum absolute atomic E-state index is 12.7. The Labute approximate surface area is 177 Å². The molecule has 3 heterocycles. The van der Waals surface area contributed by atoms with Crippen LogP contribution in [0, 0.1) is 0 Å². The fourth-order valence-electron chi connectivity index (χ4n) is 2.80. The van der Waals surface area contributed by atoms with Crippen LogP contribution in [0.4, 0.5) is 5.13 Å². The van der Waals surface area contributed by atoms with Crippen LogP contribution in [0.1, 0.15) is 18.7 Å². The summed E-state index contributed by atoms with van der Waals surface area (Å²) in [5.41, 5.74) is 1.51. The van der Waals surface area contributed by atoms with Crippen LogP contribution >= 0.6 is 46.0 Å². The molecule has 1 aliphatic carbocycles. The lowest BCUT2D eigenvalue weighted by atomic mass is 10.1. The molecular formula is C18H14ClN5OS3. The van der Waals surface area contributed by atoms with Crippen molar-refractivity contribution in [2.24, 2.45) is 0 Å². The fraction of sp³-hybridized carbons (Fsp3) is 0.222. The van der Waals surface area contributed by atoms with Crippen LogP contribution in [-0.4, -0.2) is 26.2 Å². The summed E-state index contributed by atoms with van der Waals surface area (Å²) in [5.74, 6) is 1.16. The molecule has 0 bridgehead atoms. The van der Waals surface area contributed by atoms with Gasteiger partial charge in [0.25, 0.3) is 5.56 Å². The molecule has 0 unspecified atom stereocenters. The summed E-state index contributed by atoms with van der Waals surface area (Å²) in [6.45, 7) is 0. The van der Waals surface area contributed by atoms with E-state index in [1.165, 1.54) is 47.3 Å². The van der Waals surface area contributed by atoms with Gasteiger partial charge in [-0.1, -0.05) is 52.9 Å². The smallest absolute Gasteiger partial charge is 0.260 e. The number of hydrogen-bond acceptors (Lipinski definition) is 8. The van der Waals surface area contributed by atoms with Crippen molar-refractivity contribution in [2.75, 3.05) is 5.32 Å². The van der Waals surface area contributed by atoms with Crippen molar-refractivity contribution in [1.82, 2.24) is 20.2 Å². The van der Waals surface area contributed by atoms with Gasteiger partial charge in [0.05, 0.1) is 11.1 Å². The van der Waals surface area contributed by atoms with Crippen LogP contribution in [0.5, 0.6) is 0 Å². The van der Waals surface area contributed by atoms with E-state index >= 15 is 0 Å². The quantitative estimate of drug-likeness (QED) is 0.403. The summed E-state index contributed by atoms with van der Waals surface area (Å²) < 4.78 is 0.855. The van der Waals surface area contributed by atoms with Gasteiger partial charge in [-0.15, -0.1) is 21.5 Å². The van der Waals surface area contributed by atoms with Crippen LogP contribution in [0.3, 0.4) is 0 Å². The first-order chi connectivity index (χ1) is 13.7. The van der Waals surface area contributed by atoms with Crippen LogP contribution in [0.25, 0.3) is 21.3 Å². The molecule has 0 amide bonds. The number of anilines is 1. The van der Waals surface area contributed by atoms with Crippen LogP contribution < -0.4 is 10.9 Å². The predicted molar refractivity (Wildman–Crippen MR) is 117 cm³/mol. The molecule has 0 aliphatic heterocycles. The Morgan fingerprint density at radius 2 is 2.11 bits per heavy atom. The van der Waals surface area contributed by atoms with Gasteiger partial charge >= 0.3 is 0 Å². The Hall–Kier alpha value is -1.94. The van der Waals surface area contributed by atoms with Gasteiger partial charge in [-0.05, 0) is 18.9 Å². The number of benzene rings is 1. The number of halogens is 1. The molecule has 0 atom stereocenters. The van der Waals surface area contributed by atoms with E-state index in [9.17, 15) is 4.79 Å². The van der Waals surface area contributed by atoms with E-state index in [0.29, 0.717) is 32.9 Å². The van der Waals surface area contributed by atoms with E-state index in [4.69, 9.17) is 11.6 Å². The summed E-state index contributed by atoms with van der Waals surface area (Å²) in [7, 11) is 0. The highest BCUT2D eigenvalue weighted by Crippen LogP contribution is 2.35. The van der Waals surface area contributed by atoms with Gasteiger partial charge in [0.1, 0.15) is 10.7 Å². The Balaban J connectivity index is 1.38. The lowest BCUT2D eigenvalue weighted by Gasteiger charge is -2.03. The van der Waals surface area contributed by atoms with E-state index in [0.717, 1.165) is 20.6 Å². The molecule has 6 nitrogen and oxygen atoms in total. The molecule has 5 rings (SSSR count). The fourth-order valence-corrected chi connectivity index (χ4v) is 5.69. The molecule has 1 aliphatic rings. The van der Waals surface area contributed by atoms with Crippen LogP contribution in [-0.2, 0) is 5.75 Å². The van der Waals surface area contributed by atoms with Gasteiger partial charge in [-0.2, -0.15) is 0 Å². The van der Waals surface area contributed by atoms with Crippen molar-refractivity contribution in [3.05, 3.63) is 50.8 Å². The molecule has 1 aromatic carbocycles. The second-order valence-corrected chi connectivity index (χ2v) is 9.87. The minimum atomic E-state index is -0.148. The number of thioether (sulfide) groups is 1. The van der Waals surface area contributed by atoms with Crippen molar-refractivity contribution >= 4 is 61.4 Å². The summed E-state index contributed by atoms with van der Waals surface area (Å²) >= 11 is 10.8. The normalized spacial score (nSPS) is 13.9. The zero-order valence-corrected chi connectivity index (χ0v) is 17.6. The monoisotopic (exact) mass is 447 g/mol. The molecule has 2 N–H and O–H groups in total. The number of fused-ring (bicyclic) bond motifs is 1. The second-order valence-electron chi connectivity index (χ2n) is 6.40. The first-order valence-corrected chi connectivity index (χ1v) is 11.7. The van der Waals surface area contributed by atoms with E-state index in [1.807, 2.05) is 29.6 Å². The molecule has 10 heteroatoms. The van der Waals surface area contributed by atoms with E-state index < -0.39 is 0 Å². The van der Waals surface area contributed by atoms with E-state index in [2.05, 4.69) is 25.5 Å². The molecule has 0 spiro atoms. The van der Waals surface area contributed by atoms with Crippen molar-refractivity contribution < 1.29 is 0 Å². The van der Waals surface area contributed by atoms with E-state index in [-0.39, 0.29) is 5.56 Å². The summed E-state index contributed by atoms with van der Waals surface area (Å²) in [6, 6.07) is 8.07. The lowest BCUT2D eigenvalue weighted by molar-refractivity contribution is 0.989. The zero-order valence-electron chi connectivity index (χ0n) is 14.4. The van der Waals surface area contributed by atoms with Crippen LogP contribution in [0.15, 0.2) is 38.8 Å². The molecule has 1 fully saturated rings. The second kappa shape index (κ2) is 7.47. The molecule has 28 heavy (non-hydrogen) atoms. The van der Waals surface area contributed by atoms with Gasteiger partial charge < -0.3 is 10.3 Å². The number of nitrogens with zero attached hydrogens (tertiary/aromatic N) is 3. The zero-order chi connectivity index (χ0) is 19.1. The highest BCUT2D eigenvalue weighted by atomic mass is 35.5. The summed E-state index contributed by atoms with van der Waals surface area (Å²) in [4.78, 5) is 21.0. The van der Waals surface area contributed by atoms with Gasteiger partial charge in [-0.25, -0.2) is 4.98 Å². The van der Waals surface area contributed by atoms with Gasteiger partial charge in [0.15, 0.2) is 4.34 Å². The molecule has 0 radical (unpaired) electrons. The number of aromatic nitrogens is 4. The Morgan fingerprint density at radius 3 is 2.93 bits per heavy atom. The van der Waals surface area contributed by atoms with Crippen LogP contribution in [0.2, 0.25) is 5.02 Å². The number of H-pyrrole nitrogens is 1. The minimum absolute atomic E-state index is 0.148. The number of nitrogens with one attached hydrogen (secondary N) is 2. The maximum Gasteiger partial charge on any atom is 0.260 e. The van der Waals surface area contributed by atoms with Crippen molar-refractivity contribution in [3.63, 3.8) is 0 Å². The van der Waals surface area contributed by atoms with Gasteiger partial charge in [0, 0.05) is 27.6 Å². The Bertz CT molecular complexity index is 1210. The SMILES string of the molecule is O=c1[nH]c(CSc2nnc(NC3CC3)s2)nc2scc(-c3ccccc3Cl)c12.